The van der Waals surface area contributed by atoms with E-state index in [4.69, 9.17) is 5.84 Å². The van der Waals surface area contributed by atoms with E-state index < -0.39 is 0 Å². The van der Waals surface area contributed by atoms with Crippen molar-refractivity contribution in [3.05, 3.63) is 35.5 Å². The number of aryl methyl sites for hydroxylation is 2. The molecule has 0 saturated carbocycles. The Balaban J connectivity index is 2.07. The lowest BCUT2D eigenvalue weighted by Crippen LogP contribution is -2.11. The van der Waals surface area contributed by atoms with Gasteiger partial charge in [0.05, 0.1) is 11.6 Å². The molecule has 0 bridgehead atoms. The Hall–Kier alpha value is -2.67. The number of aromatic amines is 1. The van der Waals surface area contributed by atoms with Crippen molar-refractivity contribution in [3.8, 4) is 0 Å². The summed E-state index contributed by atoms with van der Waals surface area (Å²) >= 11 is 0. The number of anilines is 3. The molecule has 102 valence electrons. The Morgan fingerprint density at radius 1 is 1.20 bits per heavy atom. The molecule has 0 amide bonds. The van der Waals surface area contributed by atoms with Gasteiger partial charge in [0.15, 0.2) is 5.65 Å². The van der Waals surface area contributed by atoms with Crippen molar-refractivity contribution in [2.45, 2.75) is 13.8 Å². The number of benzene rings is 1. The van der Waals surface area contributed by atoms with Crippen LogP contribution in [-0.4, -0.2) is 20.2 Å². The molecule has 2 aromatic heterocycles. The quantitative estimate of drug-likeness (QED) is 0.428. The number of H-pyrrole nitrogens is 1. The molecule has 5 N–H and O–H groups in total. The van der Waals surface area contributed by atoms with E-state index in [2.05, 4.69) is 43.9 Å². The number of rotatable bonds is 3. The summed E-state index contributed by atoms with van der Waals surface area (Å²) in [7, 11) is 0. The van der Waals surface area contributed by atoms with E-state index in [-0.39, 0.29) is 0 Å². The molecule has 7 heteroatoms. The molecule has 3 aromatic rings. The van der Waals surface area contributed by atoms with Gasteiger partial charge in [-0.15, -0.1) is 0 Å². The monoisotopic (exact) mass is 269 g/mol. The molecule has 2 heterocycles. The lowest BCUT2D eigenvalue weighted by atomic mass is 10.1. The molecule has 0 aliphatic rings. The Labute approximate surface area is 115 Å². The summed E-state index contributed by atoms with van der Waals surface area (Å²) in [6.07, 6.45) is 1.68. The van der Waals surface area contributed by atoms with Crippen molar-refractivity contribution < 1.29 is 0 Å². The molecule has 3 rings (SSSR count). The SMILES string of the molecule is Cc1ccc(Nc2nc(NN)nc3[nH]ncc23)c(C)c1. The number of nitrogen functional groups attached to an aromatic ring is 1. The third kappa shape index (κ3) is 2.14. The second kappa shape index (κ2) is 4.78. The fourth-order valence-corrected chi connectivity index (χ4v) is 2.08. The van der Waals surface area contributed by atoms with Crippen molar-refractivity contribution in [2.75, 3.05) is 10.7 Å². The van der Waals surface area contributed by atoms with Gasteiger partial charge in [0.2, 0.25) is 5.95 Å². The average molecular weight is 269 g/mol. The van der Waals surface area contributed by atoms with E-state index in [1.165, 1.54) is 5.56 Å². The third-order valence-corrected chi connectivity index (χ3v) is 3.07. The lowest BCUT2D eigenvalue weighted by Gasteiger charge is -2.11. The highest BCUT2D eigenvalue weighted by Gasteiger charge is 2.10. The number of aromatic nitrogens is 4. The molecule has 0 aliphatic heterocycles. The van der Waals surface area contributed by atoms with E-state index in [0.717, 1.165) is 16.6 Å². The molecule has 0 spiro atoms. The Kier molecular flexibility index (Phi) is 2.96. The van der Waals surface area contributed by atoms with E-state index in [1.54, 1.807) is 6.20 Å². The topological polar surface area (TPSA) is 105 Å². The van der Waals surface area contributed by atoms with Crippen LogP contribution in [0, 0.1) is 13.8 Å². The Bertz CT molecular complexity index is 763. The van der Waals surface area contributed by atoms with Crippen molar-refractivity contribution in [1.82, 2.24) is 20.2 Å². The number of hydrazine groups is 1. The molecule has 0 aliphatic carbocycles. The summed E-state index contributed by atoms with van der Waals surface area (Å²) in [5.41, 5.74) is 6.42. The number of hydrogen-bond donors (Lipinski definition) is 4. The summed E-state index contributed by atoms with van der Waals surface area (Å²) in [6, 6.07) is 6.18. The van der Waals surface area contributed by atoms with E-state index in [9.17, 15) is 0 Å². The highest BCUT2D eigenvalue weighted by Crippen LogP contribution is 2.25. The van der Waals surface area contributed by atoms with Crippen LogP contribution in [0.5, 0.6) is 0 Å². The average Bonchev–Trinajstić information content (AvgIpc) is 2.90. The zero-order chi connectivity index (χ0) is 14.1. The van der Waals surface area contributed by atoms with Gasteiger partial charge in [0.25, 0.3) is 0 Å². The van der Waals surface area contributed by atoms with Gasteiger partial charge in [-0.25, -0.2) is 5.84 Å². The van der Waals surface area contributed by atoms with Crippen LogP contribution in [0.2, 0.25) is 0 Å². The van der Waals surface area contributed by atoms with Crippen LogP contribution in [0.3, 0.4) is 0 Å². The van der Waals surface area contributed by atoms with Gasteiger partial charge in [0.1, 0.15) is 5.82 Å². The first kappa shape index (κ1) is 12.4. The van der Waals surface area contributed by atoms with Crippen molar-refractivity contribution >= 4 is 28.5 Å². The zero-order valence-corrected chi connectivity index (χ0v) is 11.2. The number of nitrogens with one attached hydrogen (secondary N) is 3. The second-order valence-corrected chi connectivity index (χ2v) is 4.62. The summed E-state index contributed by atoms with van der Waals surface area (Å²) in [6.45, 7) is 4.11. The van der Waals surface area contributed by atoms with Crippen LogP contribution in [0.15, 0.2) is 24.4 Å². The second-order valence-electron chi connectivity index (χ2n) is 4.62. The van der Waals surface area contributed by atoms with Gasteiger partial charge in [-0.05, 0) is 25.5 Å². The maximum atomic E-state index is 5.38. The number of hydrogen-bond acceptors (Lipinski definition) is 6. The zero-order valence-electron chi connectivity index (χ0n) is 11.2. The molecule has 0 radical (unpaired) electrons. The summed E-state index contributed by atoms with van der Waals surface area (Å²) in [4.78, 5) is 8.52. The fraction of sp³-hybridized carbons (Fsp3) is 0.154. The summed E-state index contributed by atoms with van der Waals surface area (Å²) < 4.78 is 0. The van der Waals surface area contributed by atoms with E-state index in [0.29, 0.717) is 17.4 Å². The number of nitrogens with zero attached hydrogens (tertiary/aromatic N) is 3. The molecular formula is C13H15N7. The highest BCUT2D eigenvalue weighted by molar-refractivity contribution is 5.89. The first-order valence-electron chi connectivity index (χ1n) is 6.19. The fourth-order valence-electron chi connectivity index (χ4n) is 2.08. The maximum Gasteiger partial charge on any atom is 0.241 e. The molecule has 1 aromatic carbocycles. The number of nitrogens with two attached hydrogens (primary N) is 1. The first-order valence-corrected chi connectivity index (χ1v) is 6.19. The smallest absolute Gasteiger partial charge is 0.241 e. The van der Waals surface area contributed by atoms with Crippen LogP contribution in [0.25, 0.3) is 11.0 Å². The molecular weight excluding hydrogens is 254 g/mol. The van der Waals surface area contributed by atoms with Gasteiger partial charge in [-0.2, -0.15) is 15.1 Å². The van der Waals surface area contributed by atoms with Crippen LogP contribution in [0.1, 0.15) is 11.1 Å². The van der Waals surface area contributed by atoms with Gasteiger partial charge in [-0.1, -0.05) is 17.7 Å². The van der Waals surface area contributed by atoms with Crippen LogP contribution < -0.4 is 16.6 Å². The molecule has 7 nitrogen and oxygen atoms in total. The standard InChI is InChI=1S/C13H15N7/c1-7-3-4-10(8(2)5-7)16-11-9-6-15-20-12(9)18-13(17-11)19-14/h3-6H,14H2,1-2H3,(H3,15,16,17,18,19,20). The number of fused-ring (bicyclic) bond motifs is 1. The molecule has 0 fully saturated rings. The van der Waals surface area contributed by atoms with Crippen LogP contribution >= 0.6 is 0 Å². The minimum absolute atomic E-state index is 0.328. The lowest BCUT2D eigenvalue weighted by molar-refractivity contribution is 1.08. The largest absolute Gasteiger partial charge is 0.339 e. The molecule has 20 heavy (non-hydrogen) atoms. The minimum Gasteiger partial charge on any atom is -0.339 e. The highest BCUT2D eigenvalue weighted by atomic mass is 15.3. The summed E-state index contributed by atoms with van der Waals surface area (Å²) in [5.74, 6) is 6.37. The van der Waals surface area contributed by atoms with Gasteiger partial charge in [-0.3, -0.25) is 10.5 Å². The minimum atomic E-state index is 0.328. The van der Waals surface area contributed by atoms with Crippen molar-refractivity contribution in [2.24, 2.45) is 5.84 Å². The van der Waals surface area contributed by atoms with Gasteiger partial charge >= 0.3 is 0 Å². The van der Waals surface area contributed by atoms with Crippen molar-refractivity contribution in [3.63, 3.8) is 0 Å². The van der Waals surface area contributed by atoms with Gasteiger partial charge in [0, 0.05) is 5.69 Å². The van der Waals surface area contributed by atoms with E-state index in [1.807, 2.05) is 19.1 Å². The van der Waals surface area contributed by atoms with Crippen LogP contribution in [-0.2, 0) is 0 Å². The molecule has 0 atom stereocenters. The Morgan fingerprint density at radius 3 is 2.80 bits per heavy atom. The Morgan fingerprint density at radius 2 is 2.05 bits per heavy atom. The van der Waals surface area contributed by atoms with E-state index >= 15 is 0 Å². The summed E-state index contributed by atoms with van der Waals surface area (Å²) in [5, 5.41) is 10.9. The third-order valence-electron chi connectivity index (χ3n) is 3.07. The predicted molar refractivity (Wildman–Crippen MR) is 78.7 cm³/mol. The molecule has 0 unspecified atom stereocenters. The van der Waals surface area contributed by atoms with Gasteiger partial charge < -0.3 is 5.32 Å². The van der Waals surface area contributed by atoms with Crippen LogP contribution in [0.4, 0.5) is 17.5 Å². The maximum absolute atomic E-state index is 5.38. The normalized spacial score (nSPS) is 10.8. The predicted octanol–water partition coefficient (Wildman–Crippen LogP) is 2.00. The first-order chi connectivity index (χ1) is 9.67. The molecule has 0 saturated heterocycles. The van der Waals surface area contributed by atoms with Crippen molar-refractivity contribution in [1.29, 1.82) is 0 Å².